The number of amides is 2. The first-order valence-electron chi connectivity index (χ1n) is 7.29. The molecule has 1 N–H and O–H groups in total. The Morgan fingerprint density at radius 3 is 2.87 bits per heavy atom. The monoisotopic (exact) mass is 315 g/mol. The van der Waals surface area contributed by atoms with Crippen molar-refractivity contribution in [3.63, 3.8) is 0 Å². The van der Waals surface area contributed by atoms with Gasteiger partial charge in [0.25, 0.3) is 5.91 Å². The maximum Gasteiger partial charge on any atom is 0.250 e. The maximum absolute atomic E-state index is 12.5. The molecule has 2 amide bonds. The van der Waals surface area contributed by atoms with E-state index in [1.165, 1.54) is 4.90 Å². The van der Waals surface area contributed by atoms with Crippen molar-refractivity contribution < 1.29 is 18.8 Å². The molecule has 120 valence electrons. The Balaban J connectivity index is 1.74. The van der Waals surface area contributed by atoms with Crippen molar-refractivity contribution in [3.05, 3.63) is 47.7 Å². The van der Waals surface area contributed by atoms with Crippen molar-refractivity contribution in [3.8, 4) is 0 Å². The Morgan fingerprint density at radius 2 is 2.17 bits per heavy atom. The van der Waals surface area contributed by atoms with Gasteiger partial charge in [0.05, 0.1) is 6.61 Å². The van der Waals surface area contributed by atoms with E-state index in [4.69, 9.17) is 9.26 Å². The predicted octanol–water partition coefficient (Wildman–Crippen LogP) is 1.35. The van der Waals surface area contributed by atoms with Crippen LogP contribution in [0.4, 0.5) is 5.82 Å². The smallest absolute Gasteiger partial charge is 0.250 e. The topological polar surface area (TPSA) is 84.7 Å². The van der Waals surface area contributed by atoms with Gasteiger partial charge in [-0.1, -0.05) is 35.5 Å². The number of hydrogen-bond acceptors (Lipinski definition) is 5. The number of nitrogens with zero attached hydrogens (tertiary/aromatic N) is 2. The minimum absolute atomic E-state index is 0.0142. The van der Waals surface area contributed by atoms with Crippen LogP contribution in [0.5, 0.6) is 0 Å². The van der Waals surface area contributed by atoms with Gasteiger partial charge < -0.3 is 19.5 Å². The lowest BCUT2D eigenvalue weighted by molar-refractivity contribution is -0.154. The lowest BCUT2D eigenvalue weighted by Gasteiger charge is -2.34. The third-order valence-electron chi connectivity index (χ3n) is 3.58. The highest BCUT2D eigenvalue weighted by Crippen LogP contribution is 2.16. The molecule has 1 aliphatic heterocycles. The largest absolute Gasteiger partial charge is 0.369 e. The highest BCUT2D eigenvalue weighted by atomic mass is 16.5. The van der Waals surface area contributed by atoms with Crippen molar-refractivity contribution in [1.29, 1.82) is 0 Å². The number of carbonyl (C=O) groups excluding carboxylic acids is 2. The van der Waals surface area contributed by atoms with Crippen LogP contribution in [-0.4, -0.2) is 41.1 Å². The molecule has 0 spiro atoms. The van der Waals surface area contributed by atoms with Crippen LogP contribution in [0.25, 0.3) is 0 Å². The van der Waals surface area contributed by atoms with Crippen LogP contribution in [0.1, 0.15) is 11.3 Å². The molecule has 1 aromatic heterocycles. The summed E-state index contributed by atoms with van der Waals surface area (Å²) in [5.41, 5.74) is 0.956. The van der Waals surface area contributed by atoms with Gasteiger partial charge >= 0.3 is 0 Å². The molecule has 0 radical (unpaired) electrons. The van der Waals surface area contributed by atoms with E-state index in [0.29, 0.717) is 18.1 Å². The zero-order valence-electron chi connectivity index (χ0n) is 12.7. The van der Waals surface area contributed by atoms with E-state index in [2.05, 4.69) is 10.5 Å². The molecule has 3 rings (SSSR count). The second-order valence-corrected chi connectivity index (χ2v) is 5.35. The summed E-state index contributed by atoms with van der Waals surface area (Å²) in [5.74, 6) is 0.362. The summed E-state index contributed by atoms with van der Waals surface area (Å²) in [5, 5.41) is 6.38. The minimum atomic E-state index is -0.700. The molecular formula is C16H17N3O4. The molecule has 0 aliphatic carbocycles. The Morgan fingerprint density at radius 1 is 1.39 bits per heavy atom. The zero-order valence-corrected chi connectivity index (χ0v) is 12.7. The van der Waals surface area contributed by atoms with Crippen molar-refractivity contribution in [1.82, 2.24) is 10.1 Å². The second kappa shape index (κ2) is 6.62. The van der Waals surface area contributed by atoms with Crippen molar-refractivity contribution in [2.45, 2.75) is 19.5 Å². The number of rotatable bonds is 4. The van der Waals surface area contributed by atoms with E-state index in [9.17, 15) is 9.59 Å². The Labute approximate surface area is 133 Å². The zero-order chi connectivity index (χ0) is 16.2. The molecule has 1 aromatic carbocycles. The highest BCUT2D eigenvalue weighted by molar-refractivity contribution is 5.97. The van der Waals surface area contributed by atoms with E-state index in [1.807, 2.05) is 30.3 Å². The third-order valence-corrected chi connectivity index (χ3v) is 3.58. The molecule has 7 heteroatoms. The summed E-state index contributed by atoms with van der Waals surface area (Å²) in [7, 11) is 0. The first kappa shape index (κ1) is 15.2. The molecule has 1 aliphatic rings. The lowest BCUT2D eigenvalue weighted by Crippen LogP contribution is -2.54. The van der Waals surface area contributed by atoms with Gasteiger partial charge in [-0.2, -0.15) is 0 Å². The Bertz CT molecular complexity index is 698. The second-order valence-electron chi connectivity index (χ2n) is 5.35. The SMILES string of the molecule is Cc1cc(NC(=O)C2COCC(=O)N2Cc2ccccc2)no1. The normalized spacial score (nSPS) is 18.0. The van der Waals surface area contributed by atoms with Crippen LogP contribution < -0.4 is 5.32 Å². The fourth-order valence-electron chi connectivity index (χ4n) is 2.44. The molecule has 1 atom stereocenters. The summed E-state index contributed by atoms with van der Waals surface area (Å²) in [6, 6.07) is 10.4. The summed E-state index contributed by atoms with van der Waals surface area (Å²) >= 11 is 0. The molecule has 0 bridgehead atoms. The number of benzene rings is 1. The number of morpholine rings is 1. The van der Waals surface area contributed by atoms with Crippen LogP contribution in [0.2, 0.25) is 0 Å². The van der Waals surface area contributed by atoms with Gasteiger partial charge in [0.1, 0.15) is 18.4 Å². The van der Waals surface area contributed by atoms with Gasteiger partial charge in [-0.25, -0.2) is 0 Å². The number of anilines is 1. The van der Waals surface area contributed by atoms with Gasteiger partial charge in [-0.05, 0) is 12.5 Å². The van der Waals surface area contributed by atoms with Crippen LogP contribution in [-0.2, 0) is 20.9 Å². The number of carbonyl (C=O) groups is 2. The van der Waals surface area contributed by atoms with Gasteiger partial charge in [-0.3, -0.25) is 9.59 Å². The number of nitrogens with one attached hydrogen (secondary N) is 1. The number of aromatic nitrogens is 1. The van der Waals surface area contributed by atoms with Crippen LogP contribution >= 0.6 is 0 Å². The van der Waals surface area contributed by atoms with Crippen molar-refractivity contribution in [2.24, 2.45) is 0 Å². The molecular weight excluding hydrogens is 298 g/mol. The molecule has 1 unspecified atom stereocenters. The van der Waals surface area contributed by atoms with Crippen molar-refractivity contribution in [2.75, 3.05) is 18.5 Å². The fraction of sp³-hybridized carbons (Fsp3) is 0.312. The van der Waals surface area contributed by atoms with Crippen LogP contribution in [0.3, 0.4) is 0 Å². The van der Waals surface area contributed by atoms with Crippen molar-refractivity contribution >= 4 is 17.6 Å². The molecule has 23 heavy (non-hydrogen) atoms. The lowest BCUT2D eigenvalue weighted by atomic mass is 10.1. The predicted molar refractivity (Wildman–Crippen MR) is 81.5 cm³/mol. The maximum atomic E-state index is 12.5. The fourth-order valence-corrected chi connectivity index (χ4v) is 2.44. The quantitative estimate of drug-likeness (QED) is 0.920. The van der Waals surface area contributed by atoms with Gasteiger partial charge in [-0.15, -0.1) is 0 Å². The van der Waals surface area contributed by atoms with E-state index in [0.717, 1.165) is 5.56 Å². The molecule has 0 saturated carbocycles. The first-order chi connectivity index (χ1) is 11.1. The van der Waals surface area contributed by atoms with E-state index in [-0.39, 0.29) is 25.0 Å². The average Bonchev–Trinajstić information content (AvgIpc) is 2.95. The molecule has 1 saturated heterocycles. The number of aryl methyl sites for hydroxylation is 1. The average molecular weight is 315 g/mol. The van der Waals surface area contributed by atoms with E-state index >= 15 is 0 Å². The number of ether oxygens (including phenoxy) is 1. The molecule has 2 heterocycles. The summed E-state index contributed by atoms with van der Waals surface area (Å²) in [4.78, 5) is 26.1. The summed E-state index contributed by atoms with van der Waals surface area (Å²) in [6.07, 6.45) is 0. The Kier molecular flexibility index (Phi) is 4.38. The standard InChI is InChI=1S/C16H17N3O4/c1-11-7-14(18-23-11)17-16(21)13-9-22-10-15(20)19(13)8-12-5-3-2-4-6-12/h2-7,13H,8-10H2,1H3,(H,17,18,21). The molecule has 2 aromatic rings. The van der Waals surface area contributed by atoms with Crippen LogP contribution in [0.15, 0.2) is 40.9 Å². The van der Waals surface area contributed by atoms with Gasteiger partial charge in [0.2, 0.25) is 5.91 Å². The molecule has 1 fully saturated rings. The Hall–Kier alpha value is -2.67. The molecule has 7 nitrogen and oxygen atoms in total. The van der Waals surface area contributed by atoms with Gasteiger partial charge in [0.15, 0.2) is 5.82 Å². The van der Waals surface area contributed by atoms with Crippen LogP contribution in [0, 0.1) is 6.92 Å². The first-order valence-corrected chi connectivity index (χ1v) is 7.29. The summed E-state index contributed by atoms with van der Waals surface area (Å²) < 4.78 is 10.2. The third kappa shape index (κ3) is 3.57. The highest BCUT2D eigenvalue weighted by Gasteiger charge is 2.34. The van der Waals surface area contributed by atoms with Gasteiger partial charge in [0, 0.05) is 12.6 Å². The van der Waals surface area contributed by atoms with E-state index in [1.54, 1.807) is 13.0 Å². The summed E-state index contributed by atoms with van der Waals surface area (Å²) in [6.45, 7) is 2.23. The minimum Gasteiger partial charge on any atom is -0.369 e. The number of hydrogen-bond donors (Lipinski definition) is 1. The van der Waals surface area contributed by atoms with E-state index < -0.39 is 6.04 Å².